The van der Waals surface area contributed by atoms with E-state index in [1.54, 1.807) is 37.1 Å². The van der Waals surface area contributed by atoms with Crippen LogP contribution in [0.2, 0.25) is 0 Å². The minimum Gasteiger partial charge on any atom is -0.480 e. The fraction of sp³-hybridized carbons (Fsp3) is 0.529. The second-order valence-corrected chi connectivity index (χ2v) is 7.03. The van der Waals surface area contributed by atoms with Gasteiger partial charge in [0.15, 0.2) is 0 Å². The van der Waals surface area contributed by atoms with Gasteiger partial charge >= 0.3 is 5.97 Å². The lowest BCUT2D eigenvalue weighted by atomic mass is 10.1. The number of methoxy groups -OCH3 is 1. The molecule has 132 valence electrons. The Bertz CT molecular complexity index is 574. The van der Waals surface area contributed by atoms with E-state index in [4.69, 9.17) is 14.6 Å². The number of hydrogen-bond acceptors (Lipinski definition) is 5. The fourth-order valence-corrected chi connectivity index (χ4v) is 3.24. The molecule has 1 fully saturated rings. The predicted octanol–water partition coefficient (Wildman–Crippen LogP) is 2.13. The summed E-state index contributed by atoms with van der Waals surface area (Å²) in [4.78, 5) is 26.1. The molecule has 0 aromatic heterocycles. The molecule has 1 N–H and O–H groups in total. The first-order chi connectivity index (χ1) is 11.5. The Balaban J connectivity index is 1.89. The van der Waals surface area contributed by atoms with E-state index in [-0.39, 0.29) is 12.0 Å². The molecule has 1 aromatic carbocycles. The number of likely N-dealkylation sites (tertiary alicyclic amines) is 1. The van der Waals surface area contributed by atoms with E-state index in [0.29, 0.717) is 36.8 Å². The normalized spacial score (nSPS) is 15.8. The number of carbonyl (C=O) groups excluding carboxylic acids is 1. The van der Waals surface area contributed by atoms with E-state index < -0.39 is 11.2 Å². The SMILES string of the molecule is COCCCOC1CN(C(=O)c2ccccc2SC(C)C(=O)O)C1. The third kappa shape index (κ3) is 4.96. The van der Waals surface area contributed by atoms with Gasteiger partial charge in [-0.25, -0.2) is 0 Å². The third-order valence-corrected chi connectivity index (χ3v) is 4.92. The average Bonchev–Trinajstić information content (AvgIpc) is 2.53. The van der Waals surface area contributed by atoms with Crippen molar-refractivity contribution < 1.29 is 24.2 Å². The van der Waals surface area contributed by atoms with Crippen LogP contribution in [-0.4, -0.2) is 66.6 Å². The number of carboxylic acid groups (broad SMARTS) is 1. The van der Waals surface area contributed by atoms with Crippen LogP contribution in [0.3, 0.4) is 0 Å². The van der Waals surface area contributed by atoms with Gasteiger partial charge in [-0.15, -0.1) is 11.8 Å². The molecule has 0 bridgehead atoms. The minimum absolute atomic E-state index is 0.0727. The maximum Gasteiger partial charge on any atom is 0.316 e. The number of thioether (sulfide) groups is 1. The zero-order chi connectivity index (χ0) is 17.5. The van der Waals surface area contributed by atoms with Crippen molar-refractivity contribution in [1.82, 2.24) is 4.90 Å². The largest absolute Gasteiger partial charge is 0.480 e. The lowest BCUT2D eigenvalue weighted by molar-refractivity contribution is -0.136. The smallest absolute Gasteiger partial charge is 0.316 e. The number of ether oxygens (including phenoxy) is 2. The van der Waals surface area contributed by atoms with Crippen molar-refractivity contribution in [3.63, 3.8) is 0 Å². The van der Waals surface area contributed by atoms with Crippen LogP contribution in [0.25, 0.3) is 0 Å². The Morgan fingerprint density at radius 3 is 2.71 bits per heavy atom. The van der Waals surface area contributed by atoms with Crippen molar-refractivity contribution in [1.29, 1.82) is 0 Å². The Kier molecular flexibility index (Phi) is 7.08. The molecule has 1 unspecified atom stereocenters. The summed E-state index contributed by atoms with van der Waals surface area (Å²) in [5.41, 5.74) is 0.549. The van der Waals surface area contributed by atoms with Gasteiger partial charge in [0.2, 0.25) is 0 Å². The highest BCUT2D eigenvalue weighted by Crippen LogP contribution is 2.29. The number of amides is 1. The van der Waals surface area contributed by atoms with Crippen LogP contribution < -0.4 is 0 Å². The first-order valence-corrected chi connectivity index (χ1v) is 8.79. The highest BCUT2D eigenvalue weighted by Gasteiger charge is 2.33. The fourth-order valence-electron chi connectivity index (χ4n) is 2.32. The highest BCUT2D eigenvalue weighted by atomic mass is 32.2. The quantitative estimate of drug-likeness (QED) is 0.541. The van der Waals surface area contributed by atoms with Crippen LogP contribution in [0, 0.1) is 0 Å². The first kappa shape index (κ1) is 18.8. The number of benzene rings is 1. The van der Waals surface area contributed by atoms with E-state index >= 15 is 0 Å². The second kappa shape index (κ2) is 9.05. The van der Waals surface area contributed by atoms with Gasteiger partial charge in [0.25, 0.3) is 5.91 Å². The van der Waals surface area contributed by atoms with Gasteiger partial charge < -0.3 is 19.5 Å². The van der Waals surface area contributed by atoms with E-state index in [1.807, 2.05) is 6.07 Å². The topological polar surface area (TPSA) is 76.1 Å². The van der Waals surface area contributed by atoms with E-state index in [2.05, 4.69) is 0 Å². The molecule has 24 heavy (non-hydrogen) atoms. The number of aliphatic carboxylic acids is 1. The van der Waals surface area contributed by atoms with Crippen molar-refractivity contribution in [3.8, 4) is 0 Å². The molecule has 7 heteroatoms. The van der Waals surface area contributed by atoms with Crippen LogP contribution in [-0.2, 0) is 14.3 Å². The molecule has 0 aliphatic carbocycles. The molecule has 1 aliphatic heterocycles. The zero-order valence-corrected chi connectivity index (χ0v) is 14.8. The lowest BCUT2D eigenvalue weighted by Gasteiger charge is -2.39. The number of nitrogens with zero attached hydrogens (tertiary/aromatic N) is 1. The first-order valence-electron chi connectivity index (χ1n) is 7.91. The van der Waals surface area contributed by atoms with Crippen LogP contribution in [0.5, 0.6) is 0 Å². The molecule has 1 saturated heterocycles. The molecule has 0 spiro atoms. The van der Waals surface area contributed by atoms with Crippen molar-refractivity contribution in [2.75, 3.05) is 33.4 Å². The van der Waals surface area contributed by atoms with Crippen LogP contribution in [0.4, 0.5) is 0 Å². The minimum atomic E-state index is -0.893. The van der Waals surface area contributed by atoms with Gasteiger partial charge in [-0.2, -0.15) is 0 Å². The number of carbonyl (C=O) groups is 2. The third-order valence-electron chi connectivity index (χ3n) is 3.75. The monoisotopic (exact) mass is 353 g/mol. The van der Waals surface area contributed by atoms with Crippen molar-refractivity contribution in [2.24, 2.45) is 0 Å². The summed E-state index contributed by atoms with van der Waals surface area (Å²) in [5, 5.41) is 8.45. The van der Waals surface area contributed by atoms with Crippen LogP contribution >= 0.6 is 11.8 Å². The molecule has 0 radical (unpaired) electrons. The van der Waals surface area contributed by atoms with Crippen LogP contribution in [0.1, 0.15) is 23.7 Å². The Morgan fingerprint density at radius 1 is 1.33 bits per heavy atom. The van der Waals surface area contributed by atoms with Crippen molar-refractivity contribution in [2.45, 2.75) is 29.6 Å². The van der Waals surface area contributed by atoms with Gasteiger partial charge in [-0.1, -0.05) is 12.1 Å². The van der Waals surface area contributed by atoms with Crippen molar-refractivity contribution in [3.05, 3.63) is 29.8 Å². The van der Waals surface area contributed by atoms with E-state index in [1.165, 1.54) is 11.8 Å². The summed E-state index contributed by atoms with van der Waals surface area (Å²) in [6, 6.07) is 7.13. The van der Waals surface area contributed by atoms with Gasteiger partial charge in [0, 0.05) is 38.3 Å². The predicted molar refractivity (Wildman–Crippen MR) is 91.5 cm³/mol. The van der Waals surface area contributed by atoms with Crippen LogP contribution in [0.15, 0.2) is 29.2 Å². The maximum absolute atomic E-state index is 12.6. The molecular weight excluding hydrogens is 330 g/mol. The molecule has 6 nitrogen and oxygen atoms in total. The Labute approximate surface area is 146 Å². The van der Waals surface area contributed by atoms with Gasteiger partial charge in [0.05, 0.1) is 11.7 Å². The van der Waals surface area contributed by atoms with Gasteiger partial charge in [-0.3, -0.25) is 9.59 Å². The maximum atomic E-state index is 12.6. The molecule has 1 aromatic rings. The van der Waals surface area contributed by atoms with Gasteiger partial charge in [0.1, 0.15) is 5.25 Å². The summed E-state index contributed by atoms with van der Waals surface area (Å²) in [6.07, 6.45) is 0.914. The number of rotatable bonds is 9. The van der Waals surface area contributed by atoms with Gasteiger partial charge in [-0.05, 0) is 25.5 Å². The molecule has 0 saturated carbocycles. The molecular formula is C17H23NO5S. The number of hydrogen-bond donors (Lipinski definition) is 1. The molecule has 1 heterocycles. The summed E-state index contributed by atoms with van der Waals surface area (Å²) in [7, 11) is 1.66. The molecule has 1 atom stereocenters. The van der Waals surface area contributed by atoms with Crippen molar-refractivity contribution >= 4 is 23.6 Å². The molecule has 1 aliphatic rings. The lowest BCUT2D eigenvalue weighted by Crippen LogP contribution is -2.55. The zero-order valence-electron chi connectivity index (χ0n) is 13.9. The highest BCUT2D eigenvalue weighted by molar-refractivity contribution is 8.00. The molecule has 2 rings (SSSR count). The standard InChI is InChI=1S/C17H23NO5S/c1-12(17(20)21)24-15-7-4-3-6-14(15)16(19)18-10-13(11-18)23-9-5-8-22-2/h3-4,6-7,12-13H,5,8-11H2,1-2H3,(H,20,21). The second-order valence-electron chi connectivity index (χ2n) is 5.64. The van der Waals surface area contributed by atoms with E-state index in [9.17, 15) is 9.59 Å². The van der Waals surface area contributed by atoms with E-state index in [0.717, 1.165) is 6.42 Å². The summed E-state index contributed by atoms with van der Waals surface area (Å²) in [5.74, 6) is -0.969. The summed E-state index contributed by atoms with van der Waals surface area (Å²) < 4.78 is 10.6. The average molecular weight is 353 g/mol. The molecule has 1 amide bonds. The Hall–Kier alpha value is -1.57. The Morgan fingerprint density at radius 2 is 2.04 bits per heavy atom. The summed E-state index contributed by atoms with van der Waals surface area (Å²) >= 11 is 1.19. The summed E-state index contributed by atoms with van der Waals surface area (Å²) in [6.45, 7) is 4.05. The number of carboxylic acids is 1.